The molecule has 0 aliphatic heterocycles. The van der Waals surface area contributed by atoms with Crippen LogP contribution in [0.3, 0.4) is 0 Å². The molecule has 0 fully saturated rings. The summed E-state index contributed by atoms with van der Waals surface area (Å²) in [6.07, 6.45) is 4.90. The van der Waals surface area contributed by atoms with Crippen LogP contribution in [-0.4, -0.2) is 24.0 Å². The summed E-state index contributed by atoms with van der Waals surface area (Å²) in [6.45, 7) is 8.31. The quantitative estimate of drug-likeness (QED) is 0.537. The number of carbonyl (C=O) groups excluding carboxylic acids is 2. The van der Waals surface area contributed by atoms with Gasteiger partial charge in [-0.2, -0.15) is 0 Å². The maximum atomic E-state index is 11.4. The first-order chi connectivity index (χ1) is 8.35. The van der Waals surface area contributed by atoms with Crippen LogP contribution in [0, 0.1) is 0 Å². The Morgan fingerprint density at radius 3 is 2.28 bits per heavy atom. The minimum Gasteiger partial charge on any atom is -0.460 e. The van der Waals surface area contributed by atoms with Gasteiger partial charge in [-0.25, -0.2) is 0 Å². The van der Waals surface area contributed by atoms with Gasteiger partial charge in [0.1, 0.15) is 5.60 Å². The zero-order valence-corrected chi connectivity index (χ0v) is 12.2. The fourth-order valence-electron chi connectivity index (χ4n) is 1.48. The van der Waals surface area contributed by atoms with Crippen LogP contribution in [0.2, 0.25) is 0 Å². The van der Waals surface area contributed by atoms with E-state index in [9.17, 15) is 9.59 Å². The highest BCUT2D eigenvalue weighted by molar-refractivity contribution is 5.81. The maximum Gasteiger partial charge on any atom is 0.306 e. The normalized spacial score (nSPS) is 11.1. The molecule has 106 valence electrons. The number of nitrogens with one attached hydrogen (secondary N) is 1. The van der Waals surface area contributed by atoms with Crippen molar-refractivity contribution in [3.05, 3.63) is 0 Å². The molecule has 4 heteroatoms. The third-order valence-electron chi connectivity index (χ3n) is 2.33. The van der Waals surface area contributed by atoms with Gasteiger partial charge in [0.15, 0.2) is 0 Å². The monoisotopic (exact) mass is 257 g/mol. The fourth-order valence-corrected chi connectivity index (χ4v) is 1.48. The standard InChI is InChI=1S/C14H27NO3/c1-5-6-7-8-11-15-12(16)9-10-13(17)18-14(2,3)4/h5-11H2,1-4H3,(H,15,16). The molecule has 0 atom stereocenters. The highest BCUT2D eigenvalue weighted by Gasteiger charge is 2.16. The zero-order valence-electron chi connectivity index (χ0n) is 12.2. The summed E-state index contributed by atoms with van der Waals surface area (Å²) in [7, 11) is 0. The molecule has 0 spiro atoms. The van der Waals surface area contributed by atoms with Crippen molar-refractivity contribution in [2.75, 3.05) is 6.54 Å². The van der Waals surface area contributed by atoms with Crippen LogP contribution in [0.5, 0.6) is 0 Å². The van der Waals surface area contributed by atoms with E-state index < -0.39 is 5.60 Å². The van der Waals surface area contributed by atoms with E-state index in [0.29, 0.717) is 6.54 Å². The number of hydrogen-bond donors (Lipinski definition) is 1. The van der Waals surface area contributed by atoms with Crippen LogP contribution in [-0.2, 0) is 14.3 Å². The Hall–Kier alpha value is -1.06. The first-order valence-corrected chi connectivity index (χ1v) is 6.83. The summed E-state index contributed by atoms with van der Waals surface area (Å²) in [5.41, 5.74) is -0.478. The molecule has 0 bridgehead atoms. The van der Waals surface area contributed by atoms with Crippen molar-refractivity contribution in [2.45, 2.75) is 71.8 Å². The maximum absolute atomic E-state index is 11.4. The van der Waals surface area contributed by atoms with E-state index in [-0.39, 0.29) is 24.7 Å². The highest BCUT2D eigenvalue weighted by Crippen LogP contribution is 2.09. The molecule has 0 aromatic rings. The van der Waals surface area contributed by atoms with Gasteiger partial charge >= 0.3 is 5.97 Å². The molecule has 0 saturated heterocycles. The van der Waals surface area contributed by atoms with Gasteiger partial charge in [0.2, 0.25) is 5.91 Å². The van der Waals surface area contributed by atoms with E-state index in [4.69, 9.17) is 4.74 Å². The minimum atomic E-state index is -0.478. The fraction of sp³-hybridized carbons (Fsp3) is 0.857. The van der Waals surface area contributed by atoms with Gasteiger partial charge in [-0.3, -0.25) is 9.59 Å². The topological polar surface area (TPSA) is 55.4 Å². The van der Waals surface area contributed by atoms with Gasteiger partial charge in [0, 0.05) is 13.0 Å². The Kier molecular flexibility index (Phi) is 8.42. The van der Waals surface area contributed by atoms with Crippen molar-refractivity contribution in [1.82, 2.24) is 5.32 Å². The minimum absolute atomic E-state index is 0.0719. The Labute approximate surface area is 110 Å². The lowest BCUT2D eigenvalue weighted by Gasteiger charge is -2.19. The molecule has 18 heavy (non-hydrogen) atoms. The summed E-state index contributed by atoms with van der Waals surface area (Å²) in [5, 5.41) is 2.81. The summed E-state index contributed by atoms with van der Waals surface area (Å²) in [5.74, 6) is -0.388. The molecule has 0 aromatic carbocycles. The second kappa shape index (κ2) is 8.95. The van der Waals surface area contributed by atoms with Crippen LogP contribution < -0.4 is 5.32 Å². The highest BCUT2D eigenvalue weighted by atomic mass is 16.6. The van der Waals surface area contributed by atoms with Crippen LogP contribution in [0.25, 0.3) is 0 Å². The van der Waals surface area contributed by atoms with Crippen LogP contribution in [0.4, 0.5) is 0 Å². The lowest BCUT2D eigenvalue weighted by atomic mass is 10.2. The number of hydrogen-bond acceptors (Lipinski definition) is 3. The molecule has 0 radical (unpaired) electrons. The van der Waals surface area contributed by atoms with Crippen LogP contribution >= 0.6 is 0 Å². The van der Waals surface area contributed by atoms with E-state index in [2.05, 4.69) is 12.2 Å². The molecule has 0 unspecified atom stereocenters. The summed E-state index contributed by atoms with van der Waals surface area (Å²) in [6, 6.07) is 0. The van der Waals surface area contributed by atoms with Crippen LogP contribution in [0.15, 0.2) is 0 Å². The summed E-state index contributed by atoms with van der Waals surface area (Å²) >= 11 is 0. The predicted molar refractivity (Wildman–Crippen MR) is 72.2 cm³/mol. The molecular formula is C14H27NO3. The van der Waals surface area contributed by atoms with Crippen molar-refractivity contribution in [1.29, 1.82) is 0 Å². The van der Waals surface area contributed by atoms with E-state index in [1.165, 1.54) is 12.8 Å². The van der Waals surface area contributed by atoms with Crippen molar-refractivity contribution >= 4 is 11.9 Å². The smallest absolute Gasteiger partial charge is 0.306 e. The van der Waals surface area contributed by atoms with Gasteiger partial charge in [0.25, 0.3) is 0 Å². The molecule has 1 N–H and O–H groups in total. The third kappa shape index (κ3) is 11.4. The van der Waals surface area contributed by atoms with Crippen LogP contribution in [0.1, 0.15) is 66.2 Å². The first-order valence-electron chi connectivity index (χ1n) is 6.83. The molecule has 4 nitrogen and oxygen atoms in total. The molecule has 0 aliphatic rings. The average Bonchev–Trinajstić information content (AvgIpc) is 2.24. The number of esters is 1. The van der Waals surface area contributed by atoms with Crippen molar-refractivity contribution in [3.8, 4) is 0 Å². The number of ether oxygens (including phenoxy) is 1. The van der Waals surface area contributed by atoms with Gasteiger partial charge < -0.3 is 10.1 Å². The molecule has 1 amide bonds. The Morgan fingerprint density at radius 1 is 1.06 bits per heavy atom. The zero-order chi connectivity index (χ0) is 14.0. The van der Waals surface area contributed by atoms with Crippen molar-refractivity contribution < 1.29 is 14.3 Å². The van der Waals surface area contributed by atoms with E-state index in [0.717, 1.165) is 12.8 Å². The molecular weight excluding hydrogens is 230 g/mol. The van der Waals surface area contributed by atoms with Crippen molar-refractivity contribution in [2.24, 2.45) is 0 Å². The van der Waals surface area contributed by atoms with Gasteiger partial charge in [-0.15, -0.1) is 0 Å². The summed E-state index contributed by atoms with van der Waals surface area (Å²) in [4.78, 5) is 22.8. The Balaban J connectivity index is 3.55. The van der Waals surface area contributed by atoms with E-state index >= 15 is 0 Å². The SMILES string of the molecule is CCCCCCNC(=O)CCC(=O)OC(C)(C)C. The average molecular weight is 257 g/mol. The van der Waals surface area contributed by atoms with E-state index in [1.807, 2.05) is 20.8 Å². The number of amides is 1. The van der Waals surface area contributed by atoms with E-state index in [1.54, 1.807) is 0 Å². The number of rotatable bonds is 8. The summed E-state index contributed by atoms with van der Waals surface area (Å²) < 4.78 is 5.13. The first kappa shape index (κ1) is 16.9. The van der Waals surface area contributed by atoms with Gasteiger partial charge in [-0.1, -0.05) is 26.2 Å². The van der Waals surface area contributed by atoms with Gasteiger partial charge in [-0.05, 0) is 27.2 Å². The lowest BCUT2D eigenvalue weighted by Crippen LogP contribution is -2.27. The van der Waals surface area contributed by atoms with Gasteiger partial charge in [0.05, 0.1) is 6.42 Å². The number of unbranched alkanes of at least 4 members (excludes halogenated alkanes) is 3. The Morgan fingerprint density at radius 2 is 1.72 bits per heavy atom. The third-order valence-corrected chi connectivity index (χ3v) is 2.33. The number of carbonyl (C=O) groups is 2. The molecule has 0 saturated carbocycles. The molecule has 0 rings (SSSR count). The molecule has 0 heterocycles. The second-order valence-electron chi connectivity index (χ2n) is 5.50. The largest absolute Gasteiger partial charge is 0.460 e. The van der Waals surface area contributed by atoms with Crippen molar-refractivity contribution in [3.63, 3.8) is 0 Å². The lowest BCUT2D eigenvalue weighted by molar-refractivity contribution is -0.155. The predicted octanol–water partition coefficient (Wildman–Crippen LogP) is 2.80. The second-order valence-corrected chi connectivity index (χ2v) is 5.50. The Bertz CT molecular complexity index is 256. The molecule has 0 aliphatic carbocycles. The molecule has 0 aromatic heterocycles.